The van der Waals surface area contributed by atoms with Crippen molar-refractivity contribution >= 4 is 34.8 Å². The zero-order valence-corrected chi connectivity index (χ0v) is 14.7. The standard InChI is InChI=1S/C17H19N3O4S/c1-10(2)17-20-13(9-25-17)16(24)19-12-5-3-11(4-6-12)7-14(21)18-8-15(22)23/h3-6,9-10H,7-8H2,1-2H3,(H,18,21)(H,19,24)(H,22,23). The Morgan fingerprint density at radius 3 is 2.44 bits per heavy atom. The van der Waals surface area contributed by atoms with Crippen molar-refractivity contribution in [2.75, 3.05) is 11.9 Å². The van der Waals surface area contributed by atoms with Gasteiger partial charge in [-0.1, -0.05) is 26.0 Å². The van der Waals surface area contributed by atoms with Crippen LogP contribution in [0.1, 0.15) is 40.8 Å². The van der Waals surface area contributed by atoms with Gasteiger partial charge in [-0.05, 0) is 17.7 Å². The van der Waals surface area contributed by atoms with E-state index in [2.05, 4.69) is 15.6 Å². The summed E-state index contributed by atoms with van der Waals surface area (Å²) in [5.74, 6) is -1.47. The van der Waals surface area contributed by atoms with E-state index in [0.717, 1.165) is 10.6 Å². The first-order valence-electron chi connectivity index (χ1n) is 7.69. The van der Waals surface area contributed by atoms with Crippen LogP contribution in [0.2, 0.25) is 0 Å². The molecule has 3 N–H and O–H groups in total. The molecule has 7 nitrogen and oxygen atoms in total. The highest BCUT2D eigenvalue weighted by molar-refractivity contribution is 7.09. The van der Waals surface area contributed by atoms with Crippen molar-refractivity contribution in [3.63, 3.8) is 0 Å². The fourth-order valence-corrected chi connectivity index (χ4v) is 2.80. The van der Waals surface area contributed by atoms with Crippen molar-refractivity contribution in [3.8, 4) is 0 Å². The van der Waals surface area contributed by atoms with Gasteiger partial charge in [0.15, 0.2) is 0 Å². The van der Waals surface area contributed by atoms with E-state index in [9.17, 15) is 14.4 Å². The van der Waals surface area contributed by atoms with Crippen molar-refractivity contribution in [2.24, 2.45) is 0 Å². The van der Waals surface area contributed by atoms with Crippen molar-refractivity contribution < 1.29 is 19.5 Å². The molecular weight excluding hydrogens is 342 g/mol. The summed E-state index contributed by atoms with van der Waals surface area (Å²) in [7, 11) is 0. The average Bonchev–Trinajstić information content (AvgIpc) is 3.05. The van der Waals surface area contributed by atoms with E-state index in [1.54, 1.807) is 29.6 Å². The third-order valence-electron chi connectivity index (χ3n) is 3.26. The molecule has 2 amide bonds. The summed E-state index contributed by atoms with van der Waals surface area (Å²) in [6.45, 7) is 3.64. The van der Waals surface area contributed by atoms with Gasteiger partial charge in [-0.3, -0.25) is 14.4 Å². The summed E-state index contributed by atoms with van der Waals surface area (Å²) in [5.41, 5.74) is 1.70. The van der Waals surface area contributed by atoms with Gasteiger partial charge in [-0.25, -0.2) is 4.98 Å². The number of amides is 2. The van der Waals surface area contributed by atoms with Gasteiger partial charge in [-0.15, -0.1) is 11.3 Å². The highest BCUT2D eigenvalue weighted by Gasteiger charge is 2.13. The number of rotatable bonds is 7. The van der Waals surface area contributed by atoms with Crippen LogP contribution in [0.15, 0.2) is 29.6 Å². The highest BCUT2D eigenvalue weighted by atomic mass is 32.1. The third kappa shape index (κ3) is 5.68. The van der Waals surface area contributed by atoms with Gasteiger partial charge in [0.05, 0.1) is 11.4 Å². The zero-order chi connectivity index (χ0) is 18.4. The summed E-state index contributed by atoms with van der Waals surface area (Å²) in [4.78, 5) is 38.4. The number of carbonyl (C=O) groups is 3. The molecule has 8 heteroatoms. The molecule has 0 unspecified atom stereocenters. The van der Waals surface area contributed by atoms with Crippen molar-refractivity contribution in [3.05, 3.63) is 45.9 Å². The zero-order valence-electron chi connectivity index (χ0n) is 13.9. The summed E-state index contributed by atoms with van der Waals surface area (Å²) in [6, 6.07) is 6.79. The number of aromatic nitrogens is 1. The number of benzene rings is 1. The molecule has 1 aromatic heterocycles. The predicted molar refractivity (Wildman–Crippen MR) is 94.9 cm³/mol. The lowest BCUT2D eigenvalue weighted by atomic mass is 10.1. The maximum absolute atomic E-state index is 12.2. The molecule has 0 saturated carbocycles. The van der Waals surface area contributed by atoms with Crippen LogP contribution in [0.4, 0.5) is 5.69 Å². The predicted octanol–water partition coefficient (Wildman–Crippen LogP) is 2.26. The van der Waals surface area contributed by atoms with Crippen LogP contribution in [0, 0.1) is 0 Å². The summed E-state index contributed by atoms with van der Waals surface area (Å²) < 4.78 is 0. The number of carboxylic acids is 1. The maximum atomic E-state index is 12.2. The summed E-state index contributed by atoms with van der Waals surface area (Å²) >= 11 is 1.45. The number of nitrogens with one attached hydrogen (secondary N) is 2. The number of aliphatic carboxylic acids is 1. The van der Waals surface area contributed by atoms with E-state index in [-0.39, 0.29) is 24.2 Å². The molecular formula is C17H19N3O4S. The number of thiazole rings is 1. The molecule has 0 spiro atoms. The maximum Gasteiger partial charge on any atom is 0.322 e. The fourth-order valence-electron chi connectivity index (χ4n) is 1.98. The summed E-state index contributed by atoms with van der Waals surface area (Å²) in [6.07, 6.45) is 0.0747. The minimum absolute atomic E-state index is 0.0747. The third-order valence-corrected chi connectivity index (χ3v) is 4.41. The van der Waals surface area contributed by atoms with E-state index < -0.39 is 12.5 Å². The van der Waals surface area contributed by atoms with E-state index in [4.69, 9.17) is 5.11 Å². The van der Waals surface area contributed by atoms with Gasteiger partial charge >= 0.3 is 5.97 Å². The number of hydrogen-bond donors (Lipinski definition) is 3. The van der Waals surface area contributed by atoms with Crippen molar-refractivity contribution in [1.82, 2.24) is 10.3 Å². The van der Waals surface area contributed by atoms with Gasteiger partial charge in [0.25, 0.3) is 5.91 Å². The Balaban J connectivity index is 1.92. The first-order valence-corrected chi connectivity index (χ1v) is 8.57. The first kappa shape index (κ1) is 18.6. The minimum Gasteiger partial charge on any atom is -0.480 e. The smallest absolute Gasteiger partial charge is 0.322 e. The Hall–Kier alpha value is -2.74. The SMILES string of the molecule is CC(C)c1nc(C(=O)Nc2ccc(CC(=O)NCC(=O)O)cc2)cs1. The van der Waals surface area contributed by atoms with Crippen LogP contribution in [0.25, 0.3) is 0 Å². The van der Waals surface area contributed by atoms with Gasteiger partial charge < -0.3 is 15.7 Å². The second kappa shape index (κ2) is 8.39. The lowest BCUT2D eigenvalue weighted by Crippen LogP contribution is -2.30. The van der Waals surface area contributed by atoms with E-state index in [0.29, 0.717) is 11.4 Å². The molecule has 2 rings (SSSR count). The molecule has 132 valence electrons. The molecule has 0 atom stereocenters. The van der Waals surface area contributed by atoms with Crippen LogP contribution in [0.5, 0.6) is 0 Å². The number of carboxylic acid groups (broad SMARTS) is 1. The Bertz CT molecular complexity index is 768. The Labute approximate surface area is 149 Å². The number of nitrogens with zero attached hydrogens (tertiary/aromatic N) is 1. The van der Waals surface area contributed by atoms with Crippen molar-refractivity contribution in [2.45, 2.75) is 26.2 Å². The molecule has 0 aliphatic heterocycles. The van der Waals surface area contributed by atoms with Gasteiger partial charge in [-0.2, -0.15) is 0 Å². The molecule has 25 heavy (non-hydrogen) atoms. The largest absolute Gasteiger partial charge is 0.480 e. The second-order valence-electron chi connectivity index (χ2n) is 5.72. The number of hydrogen-bond acceptors (Lipinski definition) is 5. The molecule has 0 radical (unpaired) electrons. The lowest BCUT2D eigenvalue weighted by Gasteiger charge is -2.06. The Morgan fingerprint density at radius 2 is 1.88 bits per heavy atom. The molecule has 0 fully saturated rings. The summed E-state index contributed by atoms with van der Waals surface area (Å²) in [5, 5.41) is 16.2. The molecule has 0 aliphatic carbocycles. The molecule has 1 heterocycles. The van der Waals surface area contributed by atoms with E-state index in [1.807, 2.05) is 13.8 Å². The van der Waals surface area contributed by atoms with Gasteiger partial charge in [0, 0.05) is 17.0 Å². The Kier molecular flexibility index (Phi) is 6.24. The van der Waals surface area contributed by atoms with Crippen LogP contribution in [0.3, 0.4) is 0 Å². The highest BCUT2D eigenvalue weighted by Crippen LogP contribution is 2.20. The topological polar surface area (TPSA) is 108 Å². The van der Waals surface area contributed by atoms with Gasteiger partial charge in [0.1, 0.15) is 12.2 Å². The van der Waals surface area contributed by atoms with Crippen LogP contribution in [-0.4, -0.2) is 34.4 Å². The quantitative estimate of drug-likeness (QED) is 0.701. The number of carbonyl (C=O) groups excluding carboxylic acids is 2. The molecule has 0 aliphatic rings. The van der Waals surface area contributed by atoms with Crippen molar-refractivity contribution in [1.29, 1.82) is 0 Å². The molecule has 2 aromatic rings. The van der Waals surface area contributed by atoms with Gasteiger partial charge in [0.2, 0.25) is 5.91 Å². The Morgan fingerprint density at radius 1 is 1.20 bits per heavy atom. The monoisotopic (exact) mass is 361 g/mol. The van der Waals surface area contributed by atoms with E-state index >= 15 is 0 Å². The molecule has 0 bridgehead atoms. The minimum atomic E-state index is -1.09. The number of anilines is 1. The lowest BCUT2D eigenvalue weighted by molar-refractivity contribution is -0.137. The van der Waals surface area contributed by atoms with E-state index in [1.165, 1.54) is 11.3 Å². The normalized spacial score (nSPS) is 10.5. The first-order chi connectivity index (χ1) is 11.8. The van der Waals surface area contributed by atoms with Crippen LogP contribution < -0.4 is 10.6 Å². The van der Waals surface area contributed by atoms with Crippen LogP contribution in [-0.2, 0) is 16.0 Å². The molecule has 0 saturated heterocycles. The second-order valence-corrected chi connectivity index (χ2v) is 6.61. The average molecular weight is 361 g/mol. The molecule has 1 aromatic carbocycles. The van der Waals surface area contributed by atoms with Crippen LogP contribution >= 0.6 is 11.3 Å². The fraction of sp³-hybridized carbons (Fsp3) is 0.294.